The Morgan fingerprint density at radius 2 is 1.67 bits per heavy atom. The first-order valence-corrected chi connectivity index (χ1v) is 7.00. The molecule has 2 heteroatoms. The van der Waals surface area contributed by atoms with Crippen LogP contribution in [0.25, 0.3) is 34.0 Å². The molecule has 0 amide bonds. The van der Waals surface area contributed by atoms with Gasteiger partial charge in [0.05, 0.1) is 11.2 Å². The van der Waals surface area contributed by atoms with Crippen LogP contribution in [-0.2, 0) is 0 Å². The number of hydrogen-bond acceptors (Lipinski definition) is 1. The molecule has 100 valence electrons. The number of rotatable bonds is 2. The third kappa shape index (κ3) is 2.21. The van der Waals surface area contributed by atoms with Crippen molar-refractivity contribution in [3.8, 4) is 0 Å². The highest BCUT2D eigenvalue weighted by molar-refractivity contribution is 5.91. The minimum atomic E-state index is 0.971. The molecule has 2 aromatic heterocycles. The van der Waals surface area contributed by atoms with E-state index >= 15 is 0 Å². The van der Waals surface area contributed by atoms with Crippen LogP contribution >= 0.6 is 0 Å². The first-order valence-electron chi connectivity index (χ1n) is 7.00. The molecular weight excluding hydrogens is 256 g/mol. The van der Waals surface area contributed by atoms with E-state index in [0.717, 1.165) is 16.7 Å². The maximum atomic E-state index is 4.66. The highest BCUT2D eigenvalue weighted by atomic mass is 14.7. The zero-order valence-electron chi connectivity index (χ0n) is 11.5. The molecule has 4 rings (SSSR count). The van der Waals surface area contributed by atoms with E-state index in [9.17, 15) is 0 Å². The zero-order chi connectivity index (χ0) is 14.1. The fourth-order valence-electron chi connectivity index (χ4n) is 2.58. The van der Waals surface area contributed by atoms with Crippen LogP contribution in [0, 0.1) is 0 Å². The molecule has 2 heterocycles. The SMILES string of the molecule is C(=C\c1c[nH]c2ccccc12)/c1ccc2ccccc2n1. The maximum Gasteiger partial charge on any atom is 0.0709 e. The monoisotopic (exact) mass is 270 g/mol. The number of para-hydroxylation sites is 2. The van der Waals surface area contributed by atoms with Crippen LogP contribution in [0.1, 0.15) is 11.3 Å². The molecule has 0 unspecified atom stereocenters. The van der Waals surface area contributed by atoms with Gasteiger partial charge in [-0.2, -0.15) is 0 Å². The number of benzene rings is 2. The smallest absolute Gasteiger partial charge is 0.0709 e. The molecule has 0 saturated carbocycles. The molecule has 0 aliphatic heterocycles. The second-order valence-corrected chi connectivity index (χ2v) is 5.05. The number of pyridine rings is 1. The summed E-state index contributed by atoms with van der Waals surface area (Å²) in [5, 5.41) is 2.40. The van der Waals surface area contributed by atoms with Gasteiger partial charge in [0.25, 0.3) is 0 Å². The van der Waals surface area contributed by atoms with Gasteiger partial charge in [0, 0.05) is 22.5 Å². The normalized spacial score (nSPS) is 11.6. The number of hydrogen-bond donors (Lipinski definition) is 1. The van der Waals surface area contributed by atoms with E-state index in [4.69, 9.17) is 0 Å². The number of nitrogens with zero attached hydrogens (tertiary/aromatic N) is 1. The van der Waals surface area contributed by atoms with Gasteiger partial charge in [0.1, 0.15) is 0 Å². The summed E-state index contributed by atoms with van der Waals surface area (Å²) in [4.78, 5) is 7.94. The molecule has 0 spiro atoms. The minimum absolute atomic E-state index is 0.971. The first-order chi connectivity index (χ1) is 10.4. The fourth-order valence-corrected chi connectivity index (χ4v) is 2.58. The van der Waals surface area contributed by atoms with Gasteiger partial charge in [-0.15, -0.1) is 0 Å². The van der Waals surface area contributed by atoms with E-state index in [0.29, 0.717) is 0 Å². The highest BCUT2D eigenvalue weighted by Crippen LogP contribution is 2.20. The predicted octanol–water partition coefficient (Wildman–Crippen LogP) is 4.89. The Labute approximate surface area is 122 Å². The quantitative estimate of drug-likeness (QED) is 0.552. The number of aromatic amines is 1. The van der Waals surface area contributed by atoms with E-state index < -0.39 is 0 Å². The lowest BCUT2D eigenvalue weighted by atomic mass is 10.1. The van der Waals surface area contributed by atoms with E-state index in [1.807, 2.05) is 36.5 Å². The summed E-state index contributed by atoms with van der Waals surface area (Å²) in [6.07, 6.45) is 6.19. The molecule has 2 nitrogen and oxygen atoms in total. The molecular formula is C19H14N2. The van der Waals surface area contributed by atoms with Crippen molar-refractivity contribution in [1.82, 2.24) is 9.97 Å². The summed E-state index contributed by atoms with van der Waals surface area (Å²) in [7, 11) is 0. The molecule has 1 N–H and O–H groups in total. The molecule has 0 aliphatic rings. The van der Waals surface area contributed by atoms with Gasteiger partial charge in [-0.25, -0.2) is 4.98 Å². The van der Waals surface area contributed by atoms with E-state index in [-0.39, 0.29) is 0 Å². The van der Waals surface area contributed by atoms with Crippen molar-refractivity contribution in [2.45, 2.75) is 0 Å². The van der Waals surface area contributed by atoms with Crippen LogP contribution in [0.4, 0.5) is 0 Å². The van der Waals surface area contributed by atoms with Crippen molar-refractivity contribution in [3.05, 3.63) is 78.1 Å². The Kier molecular flexibility index (Phi) is 2.79. The molecule has 4 aromatic rings. The predicted molar refractivity (Wildman–Crippen MR) is 89.0 cm³/mol. The average molecular weight is 270 g/mol. The van der Waals surface area contributed by atoms with Crippen molar-refractivity contribution in [1.29, 1.82) is 0 Å². The standard InChI is InChI=1S/C19H14N2/c1-3-7-18-14(5-1)9-11-16(21-18)12-10-15-13-20-19-8-4-2-6-17(15)19/h1-13,20H/b12-10+. The third-order valence-electron chi connectivity index (χ3n) is 3.67. The lowest BCUT2D eigenvalue weighted by molar-refractivity contribution is 1.37. The van der Waals surface area contributed by atoms with Crippen LogP contribution in [0.5, 0.6) is 0 Å². The van der Waals surface area contributed by atoms with Gasteiger partial charge in [0.2, 0.25) is 0 Å². The summed E-state index contributed by atoms with van der Waals surface area (Å²) in [5.41, 5.74) is 4.33. The first kappa shape index (κ1) is 11.9. The Bertz CT molecular complexity index is 948. The lowest BCUT2D eigenvalue weighted by Gasteiger charge is -1.98. The highest BCUT2D eigenvalue weighted by Gasteiger charge is 1.99. The Balaban J connectivity index is 1.73. The Morgan fingerprint density at radius 3 is 2.67 bits per heavy atom. The summed E-state index contributed by atoms with van der Waals surface area (Å²) in [6.45, 7) is 0. The molecule has 21 heavy (non-hydrogen) atoms. The Hall–Kier alpha value is -2.87. The lowest BCUT2D eigenvalue weighted by Crippen LogP contribution is -1.82. The summed E-state index contributed by atoms with van der Waals surface area (Å²) >= 11 is 0. The second kappa shape index (κ2) is 4.91. The average Bonchev–Trinajstić information content (AvgIpc) is 2.96. The van der Waals surface area contributed by atoms with Crippen molar-refractivity contribution >= 4 is 34.0 Å². The number of fused-ring (bicyclic) bond motifs is 2. The molecule has 0 saturated heterocycles. The van der Waals surface area contributed by atoms with Crippen molar-refractivity contribution in [3.63, 3.8) is 0 Å². The van der Waals surface area contributed by atoms with Crippen LogP contribution < -0.4 is 0 Å². The second-order valence-electron chi connectivity index (χ2n) is 5.05. The zero-order valence-corrected chi connectivity index (χ0v) is 11.5. The number of aromatic nitrogens is 2. The van der Waals surface area contributed by atoms with E-state index in [1.54, 1.807) is 0 Å². The van der Waals surface area contributed by atoms with Gasteiger partial charge >= 0.3 is 0 Å². The van der Waals surface area contributed by atoms with Crippen LogP contribution in [0.15, 0.2) is 66.9 Å². The molecule has 0 aliphatic carbocycles. The van der Waals surface area contributed by atoms with Gasteiger partial charge in [-0.1, -0.05) is 48.5 Å². The van der Waals surface area contributed by atoms with Crippen LogP contribution in [0.3, 0.4) is 0 Å². The van der Waals surface area contributed by atoms with Gasteiger partial charge in [-0.05, 0) is 29.8 Å². The number of H-pyrrole nitrogens is 1. The Morgan fingerprint density at radius 1 is 0.810 bits per heavy atom. The summed E-state index contributed by atoms with van der Waals surface area (Å²) < 4.78 is 0. The summed E-state index contributed by atoms with van der Waals surface area (Å²) in [5.74, 6) is 0. The molecule has 0 atom stereocenters. The van der Waals surface area contributed by atoms with Crippen molar-refractivity contribution in [2.75, 3.05) is 0 Å². The van der Waals surface area contributed by atoms with Gasteiger partial charge < -0.3 is 4.98 Å². The minimum Gasteiger partial charge on any atom is -0.361 e. The summed E-state index contributed by atoms with van der Waals surface area (Å²) in [6, 6.07) is 20.6. The molecule has 0 fully saturated rings. The third-order valence-corrected chi connectivity index (χ3v) is 3.67. The molecule has 2 aromatic carbocycles. The van der Waals surface area contributed by atoms with Gasteiger partial charge in [-0.3, -0.25) is 0 Å². The maximum absolute atomic E-state index is 4.66. The van der Waals surface area contributed by atoms with E-state index in [1.165, 1.54) is 16.3 Å². The molecule has 0 radical (unpaired) electrons. The fraction of sp³-hybridized carbons (Fsp3) is 0. The number of nitrogens with one attached hydrogen (secondary N) is 1. The van der Waals surface area contributed by atoms with Crippen molar-refractivity contribution < 1.29 is 0 Å². The van der Waals surface area contributed by atoms with Crippen molar-refractivity contribution in [2.24, 2.45) is 0 Å². The van der Waals surface area contributed by atoms with E-state index in [2.05, 4.69) is 52.5 Å². The van der Waals surface area contributed by atoms with Crippen LogP contribution in [0.2, 0.25) is 0 Å². The largest absolute Gasteiger partial charge is 0.361 e. The van der Waals surface area contributed by atoms with Gasteiger partial charge in [0.15, 0.2) is 0 Å². The molecule has 0 bridgehead atoms. The van der Waals surface area contributed by atoms with Crippen LogP contribution in [-0.4, -0.2) is 9.97 Å². The topological polar surface area (TPSA) is 28.7 Å².